The van der Waals surface area contributed by atoms with Crippen LogP contribution in [0.4, 0.5) is 5.95 Å². The van der Waals surface area contributed by atoms with Gasteiger partial charge in [0.1, 0.15) is 0 Å². The van der Waals surface area contributed by atoms with Crippen LogP contribution in [0.15, 0.2) is 41.5 Å². The Labute approximate surface area is 112 Å². The summed E-state index contributed by atoms with van der Waals surface area (Å²) in [5.74, 6) is 0.633. The Morgan fingerprint density at radius 3 is 3.11 bits per heavy atom. The molecule has 3 aromatic rings. The van der Waals surface area contributed by atoms with Crippen LogP contribution in [0.3, 0.4) is 0 Å². The Kier molecular flexibility index (Phi) is 2.97. The first kappa shape index (κ1) is 11.2. The molecular weight excluding hydrogens is 296 g/mol. The van der Waals surface area contributed by atoms with Crippen LogP contribution in [-0.4, -0.2) is 30.7 Å². The molecule has 0 atom stereocenters. The van der Waals surface area contributed by atoms with E-state index < -0.39 is 0 Å². The highest BCUT2D eigenvalue weighted by Gasteiger charge is 2.02. The van der Waals surface area contributed by atoms with Crippen LogP contribution < -0.4 is 5.32 Å². The second kappa shape index (κ2) is 4.77. The summed E-state index contributed by atoms with van der Waals surface area (Å²) >= 11 is 3.40. The predicted octanol–water partition coefficient (Wildman–Crippen LogP) is 1.80. The average molecular weight is 307 g/mol. The maximum Gasteiger partial charge on any atom is 0.243 e. The zero-order valence-corrected chi connectivity index (χ0v) is 11.1. The van der Waals surface area contributed by atoms with Gasteiger partial charge in [-0.15, -0.1) is 5.10 Å². The SMILES string of the molecule is Brc1ccc2nc(NCCn3ccnc3)nn2c1. The molecule has 0 aliphatic carbocycles. The molecule has 0 amide bonds. The molecular formula is C11H11BrN6. The molecule has 3 rings (SSSR count). The number of pyridine rings is 1. The number of imidazole rings is 1. The van der Waals surface area contributed by atoms with Gasteiger partial charge < -0.3 is 9.88 Å². The Morgan fingerprint density at radius 1 is 1.33 bits per heavy atom. The third kappa shape index (κ3) is 2.35. The van der Waals surface area contributed by atoms with Crippen molar-refractivity contribution in [3.05, 3.63) is 41.5 Å². The van der Waals surface area contributed by atoms with Crippen molar-refractivity contribution in [2.75, 3.05) is 11.9 Å². The largest absolute Gasteiger partial charge is 0.351 e. The van der Waals surface area contributed by atoms with Gasteiger partial charge in [0.2, 0.25) is 5.95 Å². The summed E-state index contributed by atoms with van der Waals surface area (Å²) in [6.45, 7) is 1.59. The fraction of sp³-hybridized carbons (Fsp3) is 0.182. The summed E-state index contributed by atoms with van der Waals surface area (Å²) in [5.41, 5.74) is 0.823. The second-order valence-corrected chi connectivity index (χ2v) is 4.73. The van der Waals surface area contributed by atoms with Gasteiger partial charge in [0.15, 0.2) is 5.65 Å². The molecule has 3 aromatic heterocycles. The van der Waals surface area contributed by atoms with Gasteiger partial charge in [0, 0.05) is 36.2 Å². The minimum atomic E-state index is 0.633. The number of fused-ring (bicyclic) bond motifs is 1. The number of rotatable bonds is 4. The molecule has 92 valence electrons. The van der Waals surface area contributed by atoms with Gasteiger partial charge in [-0.05, 0) is 28.1 Å². The molecule has 0 saturated carbocycles. The highest BCUT2D eigenvalue weighted by molar-refractivity contribution is 9.10. The van der Waals surface area contributed by atoms with Crippen LogP contribution in [0, 0.1) is 0 Å². The molecule has 0 bridgehead atoms. The van der Waals surface area contributed by atoms with Crippen LogP contribution in [-0.2, 0) is 6.54 Å². The van der Waals surface area contributed by atoms with E-state index in [9.17, 15) is 0 Å². The minimum absolute atomic E-state index is 0.633. The second-order valence-electron chi connectivity index (χ2n) is 3.81. The van der Waals surface area contributed by atoms with Crippen molar-refractivity contribution in [1.82, 2.24) is 24.1 Å². The summed E-state index contributed by atoms with van der Waals surface area (Å²) in [6.07, 6.45) is 7.36. The van der Waals surface area contributed by atoms with Gasteiger partial charge in [-0.25, -0.2) is 9.50 Å². The van der Waals surface area contributed by atoms with E-state index >= 15 is 0 Å². The normalized spacial score (nSPS) is 10.9. The number of nitrogens with zero attached hydrogens (tertiary/aromatic N) is 5. The molecule has 0 saturated heterocycles. The number of hydrogen-bond donors (Lipinski definition) is 1. The van der Waals surface area contributed by atoms with E-state index in [0.29, 0.717) is 5.95 Å². The molecule has 0 aliphatic rings. The first-order chi connectivity index (χ1) is 8.81. The molecule has 0 radical (unpaired) electrons. The maximum absolute atomic E-state index is 4.37. The Morgan fingerprint density at radius 2 is 2.28 bits per heavy atom. The van der Waals surface area contributed by atoms with Crippen molar-refractivity contribution in [3.63, 3.8) is 0 Å². The van der Waals surface area contributed by atoms with Crippen molar-refractivity contribution in [3.8, 4) is 0 Å². The van der Waals surface area contributed by atoms with Crippen LogP contribution in [0.1, 0.15) is 0 Å². The van der Waals surface area contributed by atoms with Crippen molar-refractivity contribution in [1.29, 1.82) is 0 Å². The molecule has 6 nitrogen and oxygen atoms in total. The third-order valence-electron chi connectivity index (χ3n) is 2.51. The van der Waals surface area contributed by atoms with E-state index in [4.69, 9.17) is 0 Å². The van der Waals surface area contributed by atoms with E-state index in [1.807, 2.05) is 29.1 Å². The molecule has 3 heterocycles. The van der Waals surface area contributed by atoms with Crippen LogP contribution in [0.2, 0.25) is 0 Å². The fourth-order valence-electron chi connectivity index (χ4n) is 1.65. The number of halogens is 1. The van der Waals surface area contributed by atoms with E-state index in [1.54, 1.807) is 17.0 Å². The van der Waals surface area contributed by atoms with E-state index in [1.165, 1.54) is 0 Å². The summed E-state index contributed by atoms with van der Waals surface area (Å²) in [4.78, 5) is 8.35. The van der Waals surface area contributed by atoms with E-state index in [2.05, 4.69) is 36.3 Å². The van der Waals surface area contributed by atoms with Gasteiger partial charge in [0.25, 0.3) is 0 Å². The van der Waals surface area contributed by atoms with Crippen LogP contribution >= 0.6 is 15.9 Å². The summed E-state index contributed by atoms with van der Waals surface area (Å²) in [7, 11) is 0. The van der Waals surface area contributed by atoms with Crippen molar-refractivity contribution in [2.24, 2.45) is 0 Å². The third-order valence-corrected chi connectivity index (χ3v) is 2.98. The number of aromatic nitrogens is 5. The first-order valence-electron chi connectivity index (χ1n) is 5.53. The first-order valence-corrected chi connectivity index (χ1v) is 6.32. The zero-order valence-electron chi connectivity index (χ0n) is 9.49. The molecule has 7 heteroatoms. The molecule has 0 spiro atoms. The Hall–Kier alpha value is -1.89. The molecule has 1 N–H and O–H groups in total. The lowest BCUT2D eigenvalue weighted by Gasteiger charge is -2.01. The zero-order chi connectivity index (χ0) is 12.4. The predicted molar refractivity (Wildman–Crippen MR) is 71.4 cm³/mol. The minimum Gasteiger partial charge on any atom is -0.351 e. The molecule has 18 heavy (non-hydrogen) atoms. The molecule has 0 aromatic carbocycles. The standard InChI is InChI=1S/C11H11BrN6/c12-9-1-2-10-15-11(16-18(10)7-9)14-4-6-17-5-3-13-8-17/h1-3,5,7-8H,4,6H2,(H,14,16). The lowest BCUT2D eigenvalue weighted by atomic mass is 10.5. The topological polar surface area (TPSA) is 60.0 Å². The highest BCUT2D eigenvalue weighted by Crippen LogP contribution is 2.11. The van der Waals surface area contributed by atoms with E-state index in [0.717, 1.165) is 23.2 Å². The lowest BCUT2D eigenvalue weighted by molar-refractivity contribution is 0.723. The molecule has 0 unspecified atom stereocenters. The van der Waals surface area contributed by atoms with Crippen LogP contribution in [0.25, 0.3) is 5.65 Å². The van der Waals surface area contributed by atoms with Crippen molar-refractivity contribution in [2.45, 2.75) is 6.54 Å². The highest BCUT2D eigenvalue weighted by atomic mass is 79.9. The van der Waals surface area contributed by atoms with Gasteiger partial charge >= 0.3 is 0 Å². The van der Waals surface area contributed by atoms with Gasteiger partial charge in [-0.1, -0.05) is 0 Å². The molecule has 0 aliphatic heterocycles. The monoisotopic (exact) mass is 306 g/mol. The van der Waals surface area contributed by atoms with Crippen molar-refractivity contribution >= 4 is 27.5 Å². The lowest BCUT2D eigenvalue weighted by Crippen LogP contribution is -2.10. The Balaban J connectivity index is 1.67. The summed E-state index contributed by atoms with van der Waals surface area (Å²) in [6, 6.07) is 3.86. The van der Waals surface area contributed by atoms with Gasteiger partial charge in [0.05, 0.1) is 6.33 Å². The van der Waals surface area contributed by atoms with E-state index in [-0.39, 0.29) is 0 Å². The summed E-state index contributed by atoms with van der Waals surface area (Å²) < 4.78 is 4.72. The van der Waals surface area contributed by atoms with Gasteiger partial charge in [-0.2, -0.15) is 4.98 Å². The number of anilines is 1. The molecule has 0 fully saturated rings. The fourth-order valence-corrected chi connectivity index (χ4v) is 1.97. The Bertz CT molecular complexity index is 645. The average Bonchev–Trinajstić information content (AvgIpc) is 2.97. The van der Waals surface area contributed by atoms with Crippen LogP contribution in [0.5, 0.6) is 0 Å². The maximum atomic E-state index is 4.37. The number of hydrogen-bond acceptors (Lipinski definition) is 4. The summed E-state index contributed by atoms with van der Waals surface area (Å²) in [5, 5.41) is 7.52. The smallest absolute Gasteiger partial charge is 0.243 e. The van der Waals surface area contributed by atoms with Gasteiger partial charge in [-0.3, -0.25) is 0 Å². The number of nitrogens with one attached hydrogen (secondary N) is 1. The van der Waals surface area contributed by atoms with Crippen molar-refractivity contribution < 1.29 is 0 Å². The quantitative estimate of drug-likeness (QED) is 0.798.